The van der Waals surface area contributed by atoms with Crippen LogP contribution in [0, 0.1) is 0 Å². The maximum Gasteiger partial charge on any atom is 0.247 e. The topological polar surface area (TPSA) is 58.6 Å². The van der Waals surface area contributed by atoms with E-state index >= 15 is 0 Å². The average Bonchev–Trinajstić information content (AvgIpc) is 2.48. The SMILES string of the molecule is CCN(CC(=O)NC(C)(C)C)C(=O)/C=C/c1ccc(OC)c(Cl)c1. The van der Waals surface area contributed by atoms with Crippen molar-refractivity contribution in [3.63, 3.8) is 0 Å². The Hall–Kier alpha value is -2.01. The van der Waals surface area contributed by atoms with Gasteiger partial charge in [-0.25, -0.2) is 0 Å². The number of likely N-dealkylation sites (N-methyl/N-ethyl adjacent to an activating group) is 1. The van der Waals surface area contributed by atoms with Crippen LogP contribution in [0.3, 0.4) is 0 Å². The highest BCUT2D eigenvalue weighted by Crippen LogP contribution is 2.25. The summed E-state index contributed by atoms with van der Waals surface area (Å²) in [4.78, 5) is 25.7. The molecule has 0 spiro atoms. The first-order valence-electron chi connectivity index (χ1n) is 7.78. The number of nitrogens with zero attached hydrogens (tertiary/aromatic N) is 1. The molecule has 0 saturated heterocycles. The third-order valence-electron chi connectivity index (χ3n) is 3.14. The average molecular weight is 353 g/mol. The Balaban J connectivity index is 2.73. The molecule has 0 unspecified atom stereocenters. The Labute approximate surface area is 148 Å². The predicted molar refractivity (Wildman–Crippen MR) is 97.2 cm³/mol. The molecule has 0 aliphatic rings. The highest BCUT2D eigenvalue weighted by atomic mass is 35.5. The number of nitrogens with one attached hydrogen (secondary N) is 1. The predicted octanol–water partition coefficient (Wildman–Crippen LogP) is 3.13. The minimum absolute atomic E-state index is 0.0281. The van der Waals surface area contributed by atoms with Crippen LogP contribution in [0.2, 0.25) is 5.02 Å². The van der Waals surface area contributed by atoms with Crippen molar-refractivity contribution in [2.24, 2.45) is 0 Å². The van der Waals surface area contributed by atoms with Gasteiger partial charge in [-0.15, -0.1) is 0 Å². The molecule has 1 aromatic rings. The van der Waals surface area contributed by atoms with Crippen LogP contribution in [0.15, 0.2) is 24.3 Å². The highest BCUT2D eigenvalue weighted by molar-refractivity contribution is 6.32. The Morgan fingerprint density at radius 2 is 2.00 bits per heavy atom. The molecule has 0 aliphatic heterocycles. The number of benzene rings is 1. The fourth-order valence-electron chi connectivity index (χ4n) is 2.04. The molecular formula is C18H25ClN2O3. The Bertz CT molecular complexity index is 621. The summed E-state index contributed by atoms with van der Waals surface area (Å²) in [5.74, 6) is 0.168. The molecule has 2 amide bonds. The van der Waals surface area contributed by atoms with Crippen molar-refractivity contribution in [2.45, 2.75) is 33.2 Å². The first kappa shape index (κ1) is 20.0. The van der Waals surface area contributed by atoms with Gasteiger partial charge in [0.25, 0.3) is 0 Å². The fraction of sp³-hybridized carbons (Fsp3) is 0.444. The number of ether oxygens (including phenoxy) is 1. The van der Waals surface area contributed by atoms with E-state index in [0.29, 0.717) is 17.3 Å². The Morgan fingerprint density at radius 1 is 1.33 bits per heavy atom. The monoisotopic (exact) mass is 352 g/mol. The Kier molecular flexibility index (Phi) is 7.29. The third-order valence-corrected chi connectivity index (χ3v) is 3.43. The number of carbonyl (C=O) groups excluding carboxylic acids is 2. The number of carbonyl (C=O) groups is 2. The number of hydrogen-bond donors (Lipinski definition) is 1. The van der Waals surface area contributed by atoms with Crippen LogP contribution in [0.25, 0.3) is 6.08 Å². The van der Waals surface area contributed by atoms with Crippen LogP contribution in [0.1, 0.15) is 33.3 Å². The second-order valence-corrected chi connectivity index (χ2v) is 6.79. The first-order chi connectivity index (χ1) is 11.2. The number of amides is 2. The fourth-order valence-corrected chi connectivity index (χ4v) is 2.30. The van der Waals surface area contributed by atoms with E-state index in [0.717, 1.165) is 5.56 Å². The molecule has 0 radical (unpaired) electrons. The third kappa shape index (κ3) is 6.62. The summed E-state index contributed by atoms with van der Waals surface area (Å²) < 4.78 is 5.09. The van der Waals surface area contributed by atoms with E-state index in [1.54, 1.807) is 31.4 Å². The molecule has 24 heavy (non-hydrogen) atoms. The molecule has 0 saturated carbocycles. The number of rotatable bonds is 6. The summed E-state index contributed by atoms with van der Waals surface area (Å²) in [6.45, 7) is 8.01. The van der Waals surface area contributed by atoms with E-state index in [4.69, 9.17) is 16.3 Å². The maximum atomic E-state index is 12.3. The van der Waals surface area contributed by atoms with Crippen LogP contribution in [-0.2, 0) is 9.59 Å². The Morgan fingerprint density at radius 3 is 2.50 bits per heavy atom. The molecule has 0 aromatic heterocycles. The first-order valence-corrected chi connectivity index (χ1v) is 8.15. The largest absolute Gasteiger partial charge is 0.495 e. The van der Waals surface area contributed by atoms with Crippen molar-refractivity contribution >= 4 is 29.5 Å². The van der Waals surface area contributed by atoms with Crippen molar-refractivity contribution in [1.29, 1.82) is 0 Å². The van der Waals surface area contributed by atoms with Gasteiger partial charge >= 0.3 is 0 Å². The van der Waals surface area contributed by atoms with E-state index < -0.39 is 0 Å². The van der Waals surface area contributed by atoms with E-state index in [1.807, 2.05) is 27.7 Å². The molecular weight excluding hydrogens is 328 g/mol. The van der Waals surface area contributed by atoms with Gasteiger partial charge in [-0.3, -0.25) is 9.59 Å². The van der Waals surface area contributed by atoms with Gasteiger partial charge in [-0.2, -0.15) is 0 Å². The quantitative estimate of drug-likeness (QED) is 0.800. The van der Waals surface area contributed by atoms with E-state index in [1.165, 1.54) is 11.0 Å². The lowest BCUT2D eigenvalue weighted by Crippen LogP contribution is -2.47. The van der Waals surface area contributed by atoms with Crippen molar-refractivity contribution in [2.75, 3.05) is 20.2 Å². The van der Waals surface area contributed by atoms with Crippen LogP contribution < -0.4 is 10.1 Å². The van der Waals surface area contributed by atoms with Crippen molar-refractivity contribution < 1.29 is 14.3 Å². The zero-order chi connectivity index (χ0) is 18.3. The number of halogens is 1. The van der Waals surface area contributed by atoms with Crippen molar-refractivity contribution in [1.82, 2.24) is 10.2 Å². The number of methoxy groups -OCH3 is 1. The summed E-state index contributed by atoms with van der Waals surface area (Å²) in [5.41, 5.74) is 0.458. The summed E-state index contributed by atoms with van der Waals surface area (Å²) in [6.07, 6.45) is 3.10. The van der Waals surface area contributed by atoms with Gasteiger partial charge in [0.15, 0.2) is 0 Å². The van der Waals surface area contributed by atoms with Gasteiger partial charge in [0.2, 0.25) is 11.8 Å². The van der Waals surface area contributed by atoms with Gasteiger partial charge in [0, 0.05) is 18.2 Å². The summed E-state index contributed by atoms with van der Waals surface area (Å²) in [7, 11) is 1.54. The number of hydrogen-bond acceptors (Lipinski definition) is 3. The molecule has 0 atom stereocenters. The highest BCUT2D eigenvalue weighted by Gasteiger charge is 2.18. The normalized spacial score (nSPS) is 11.4. The minimum atomic E-state index is -0.324. The van der Waals surface area contributed by atoms with Gasteiger partial charge in [-0.05, 0) is 51.5 Å². The molecule has 0 aliphatic carbocycles. The van der Waals surface area contributed by atoms with Crippen LogP contribution in [-0.4, -0.2) is 42.5 Å². The van der Waals surface area contributed by atoms with E-state index in [9.17, 15) is 9.59 Å². The molecule has 132 valence electrons. The molecule has 1 aromatic carbocycles. The van der Waals surface area contributed by atoms with E-state index in [-0.39, 0.29) is 23.9 Å². The lowest BCUT2D eigenvalue weighted by Gasteiger charge is -2.24. The molecule has 6 heteroatoms. The summed E-state index contributed by atoms with van der Waals surface area (Å²) in [5, 5.41) is 3.32. The van der Waals surface area contributed by atoms with Crippen LogP contribution in [0.5, 0.6) is 5.75 Å². The second kappa shape index (κ2) is 8.73. The lowest BCUT2D eigenvalue weighted by molar-refractivity contribution is -0.132. The van der Waals surface area contributed by atoms with Gasteiger partial charge in [-0.1, -0.05) is 17.7 Å². The van der Waals surface area contributed by atoms with E-state index in [2.05, 4.69) is 5.32 Å². The summed E-state index contributed by atoms with van der Waals surface area (Å²) >= 11 is 6.06. The molecule has 0 heterocycles. The smallest absolute Gasteiger partial charge is 0.247 e. The molecule has 0 fully saturated rings. The maximum absolute atomic E-state index is 12.3. The van der Waals surface area contributed by atoms with Crippen molar-refractivity contribution in [3.8, 4) is 5.75 Å². The summed E-state index contributed by atoms with van der Waals surface area (Å²) in [6, 6.07) is 5.25. The zero-order valence-corrected chi connectivity index (χ0v) is 15.6. The zero-order valence-electron chi connectivity index (χ0n) is 14.9. The molecule has 5 nitrogen and oxygen atoms in total. The van der Waals surface area contributed by atoms with Gasteiger partial charge in [0.1, 0.15) is 5.75 Å². The van der Waals surface area contributed by atoms with Crippen molar-refractivity contribution in [3.05, 3.63) is 34.9 Å². The molecule has 0 bridgehead atoms. The van der Waals surface area contributed by atoms with Crippen LogP contribution in [0.4, 0.5) is 0 Å². The van der Waals surface area contributed by atoms with Crippen LogP contribution >= 0.6 is 11.6 Å². The second-order valence-electron chi connectivity index (χ2n) is 6.38. The molecule has 1 N–H and O–H groups in total. The lowest BCUT2D eigenvalue weighted by atomic mass is 10.1. The van der Waals surface area contributed by atoms with Gasteiger partial charge < -0.3 is 15.0 Å². The standard InChI is InChI=1S/C18H25ClN2O3/c1-6-21(12-16(22)20-18(2,3)4)17(23)10-8-13-7-9-15(24-5)14(19)11-13/h7-11H,6,12H2,1-5H3,(H,20,22)/b10-8+. The minimum Gasteiger partial charge on any atom is -0.495 e. The van der Waals surface area contributed by atoms with Gasteiger partial charge in [0.05, 0.1) is 18.7 Å². The molecule has 1 rings (SSSR count).